The number of nitrogens with zero attached hydrogens (tertiary/aromatic N) is 1. The minimum absolute atomic E-state index is 0.0289. The highest BCUT2D eigenvalue weighted by molar-refractivity contribution is 5.63. The van der Waals surface area contributed by atoms with Crippen LogP contribution in [-0.4, -0.2) is 16.3 Å². The molecule has 1 heterocycles. The van der Waals surface area contributed by atoms with E-state index in [9.17, 15) is 13.2 Å². The summed E-state index contributed by atoms with van der Waals surface area (Å²) in [6, 6.07) is 6.83. The second-order valence-electron chi connectivity index (χ2n) is 3.94. The van der Waals surface area contributed by atoms with Crippen molar-refractivity contribution < 1.29 is 18.3 Å². The molecule has 2 nitrogen and oxygen atoms in total. The van der Waals surface area contributed by atoms with Crippen molar-refractivity contribution in [1.82, 2.24) is 4.57 Å². The second-order valence-corrected chi connectivity index (χ2v) is 3.94. The summed E-state index contributed by atoms with van der Waals surface area (Å²) >= 11 is 0. The molecule has 0 aliphatic rings. The standard InChI is InChI=1S/C13H12F3NO/c14-13(15,16)12-3-1-10(2-4-12)11-5-6-17(9-11)7-8-18/h1-6,9,18H,7-8H2. The van der Waals surface area contributed by atoms with Crippen molar-refractivity contribution in [3.8, 4) is 11.1 Å². The van der Waals surface area contributed by atoms with Crippen LogP contribution in [0.25, 0.3) is 11.1 Å². The van der Waals surface area contributed by atoms with Gasteiger partial charge in [0.2, 0.25) is 0 Å². The number of rotatable bonds is 3. The maximum Gasteiger partial charge on any atom is 0.416 e. The molecule has 1 aromatic carbocycles. The van der Waals surface area contributed by atoms with Crippen LogP contribution in [0.15, 0.2) is 42.7 Å². The normalized spacial score (nSPS) is 11.8. The van der Waals surface area contributed by atoms with Crippen LogP contribution in [0, 0.1) is 0 Å². The van der Waals surface area contributed by atoms with Gasteiger partial charge < -0.3 is 9.67 Å². The van der Waals surface area contributed by atoms with Gasteiger partial charge in [0, 0.05) is 18.9 Å². The summed E-state index contributed by atoms with van der Waals surface area (Å²) in [4.78, 5) is 0. The average molecular weight is 255 g/mol. The lowest BCUT2D eigenvalue weighted by Crippen LogP contribution is -2.03. The summed E-state index contributed by atoms with van der Waals surface area (Å²) in [5.74, 6) is 0. The SMILES string of the molecule is OCCn1ccc(-c2ccc(C(F)(F)F)cc2)c1. The number of benzene rings is 1. The first-order chi connectivity index (χ1) is 8.50. The van der Waals surface area contributed by atoms with Crippen molar-refractivity contribution in [3.63, 3.8) is 0 Å². The Hall–Kier alpha value is -1.75. The van der Waals surface area contributed by atoms with Crippen LogP contribution in [0.3, 0.4) is 0 Å². The Morgan fingerprint density at radius 3 is 2.22 bits per heavy atom. The minimum Gasteiger partial charge on any atom is -0.395 e. The topological polar surface area (TPSA) is 25.2 Å². The highest BCUT2D eigenvalue weighted by atomic mass is 19.4. The number of aliphatic hydroxyl groups is 1. The van der Waals surface area contributed by atoms with E-state index in [-0.39, 0.29) is 6.61 Å². The molecule has 0 unspecified atom stereocenters. The van der Waals surface area contributed by atoms with Crippen LogP contribution in [0.4, 0.5) is 13.2 Å². The van der Waals surface area contributed by atoms with Gasteiger partial charge in [-0.25, -0.2) is 0 Å². The Kier molecular flexibility index (Phi) is 3.43. The molecule has 18 heavy (non-hydrogen) atoms. The summed E-state index contributed by atoms with van der Waals surface area (Å²) in [5.41, 5.74) is 0.901. The van der Waals surface area contributed by atoms with Gasteiger partial charge in [-0.3, -0.25) is 0 Å². The summed E-state index contributed by atoms with van der Waals surface area (Å²) < 4.78 is 39.0. The molecule has 0 bridgehead atoms. The van der Waals surface area contributed by atoms with E-state index < -0.39 is 11.7 Å². The van der Waals surface area contributed by atoms with E-state index in [1.54, 1.807) is 23.0 Å². The van der Waals surface area contributed by atoms with Crippen molar-refractivity contribution >= 4 is 0 Å². The Morgan fingerprint density at radius 2 is 1.67 bits per heavy atom. The zero-order chi connectivity index (χ0) is 13.2. The largest absolute Gasteiger partial charge is 0.416 e. The van der Waals surface area contributed by atoms with Crippen LogP contribution in [-0.2, 0) is 12.7 Å². The second kappa shape index (κ2) is 4.86. The lowest BCUT2D eigenvalue weighted by molar-refractivity contribution is -0.137. The summed E-state index contributed by atoms with van der Waals surface area (Å²) in [5, 5.41) is 8.78. The molecule has 0 amide bonds. The Bertz CT molecular complexity index is 514. The molecular formula is C13H12F3NO. The lowest BCUT2D eigenvalue weighted by atomic mass is 10.1. The monoisotopic (exact) mass is 255 g/mol. The molecule has 0 radical (unpaired) electrons. The third kappa shape index (κ3) is 2.73. The third-order valence-corrected chi connectivity index (χ3v) is 2.65. The maximum absolute atomic E-state index is 12.4. The number of aromatic nitrogens is 1. The Balaban J connectivity index is 2.23. The van der Waals surface area contributed by atoms with Gasteiger partial charge in [0.25, 0.3) is 0 Å². The first-order valence-corrected chi connectivity index (χ1v) is 5.45. The van der Waals surface area contributed by atoms with Crippen LogP contribution < -0.4 is 0 Å². The smallest absolute Gasteiger partial charge is 0.395 e. The summed E-state index contributed by atoms with van der Waals surface area (Å²) in [7, 11) is 0. The third-order valence-electron chi connectivity index (χ3n) is 2.65. The molecule has 0 spiro atoms. The molecule has 1 N–H and O–H groups in total. The number of aliphatic hydroxyl groups excluding tert-OH is 1. The highest BCUT2D eigenvalue weighted by Gasteiger charge is 2.29. The van der Waals surface area contributed by atoms with Crippen LogP contribution in [0.2, 0.25) is 0 Å². The molecule has 96 valence electrons. The van der Waals surface area contributed by atoms with E-state index in [0.29, 0.717) is 6.54 Å². The van der Waals surface area contributed by atoms with Crippen molar-refractivity contribution in [3.05, 3.63) is 48.3 Å². The van der Waals surface area contributed by atoms with Gasteiger partial charge in [0.1, 0.15) is 0 Å². The van der Waals surface area contributed by atoms with Gasteiger partial charge >= 0.3 is 6.18 Å². The first kappa shape index (κ1) is 12.7. The van der Waals surface area contributed by atoms with E-state index >= 15 is 0 Å². The zero-order valence-corrected chi connectivity index (χ0v) is 9.48. The van der Waals surface area contributed by atoms with Crippen LogP contribution in [0.1, 0.15) is 5.56 Å². The van der Waals surface area contributed by atoms with Gasteiger partial charge in [-0.2, -0.15) is 13.2 Å². The van der Waals surface area contributed by atoms with E-state index in [1.165, 1.54) is 12.1 Å². The van der Waals surface area contributed by atoms with Gasteiger partial charge in [0.05, 0.1) is 12.2 Å². The predicted octanol–water partition coefficient (Wildman–Crippen LogP) is 3.17. The van der Waals surface area contributed by atoms with Crippen molar-refractivity contribution in [2.24, 2.45) is 0 Å². The quantitative estimate of drug-likeness (QED) is 0.895. The summed E-state index contributed by atoms with van der Waals surface area (Å²) in [6.07, 6.45) is -0.733. The van der Waals surface area contributed by atoms with Gasteiger partial charge in [-0.05, 0) is 29.3 Å². The highest BCUT2D eigenvalue weighted by Crippen LogP contribution is 2.30. The molecule has 1 aromatic heterocycles. The molecule has 2 aromatic rings. The van der Waals surface area contributed by atoms with Gasteiger partial charge in [-0.1, -0.05) is 12.1 Å². The van der Waals surface area contributed by atoms with E-state index in [2.05, 4.69) is 0 Å². The molecular weight excluding hydrogens is 243 g/mol. The molecule has 0 aliphatic heterocycles. The van der Waals surface area contributed by atoms with Crippen molar-refractivity contribution in [1.29, 1.82) is 0 Å². The molecule has 5 heteroatoms. The van der Waals surface area contributed by atoms with Crippen molar-refractivity contribution in [2.75, 3.05) is 6.61 Å². The van der Waals surface area contributed by atoms with Gasteiger partial charge in [-0.15, -0.1) is 0 Å². The number of halogens is 3. The first-order valence-electron chi connectivity index (χ1n) is 5.45. The molecule has 0 aliphatic carbocycles. The fraction of sp³-hybridized carbons (Fsp3) is 0.231. The van der Waals surface area contributed by atoms with Crippen LogP contribution in [0.5, 0.6) is 0 Å². The Labute approximate surface area is 102 Å². The average Bonchev–Trinajstić information content (AvgIpc) is 2.77. The zero-order valence-electron chi connectivity index (χ0n) is 9.48. The molecule has 0 saturated carbocycles. The maximum atomic E-state index is 12.4. The van der Waals surface area contributed by atoms with Gasteiger partial charge in [0.15, 0.2) is 0 Å². The number of hydrogen-bond donors (Lipinski definition) is 1. The molecule has 0 fully saturated rings. The predicted molar refractivity (Wildman–Crippen MR) is 62.0 cm³/mol. The summed E-state index contributed by atoms with van der Waals surface area (Å²) in [6.45, 7) is 0.502. The van der Waals surface area contributed by atoms with E-state index in [1.807, 2.05) is 0 Å². The Morgan fingerprint density at radius 1 is 1.00 bits per heavy atom. The molecule has 0 atom stereocenters. The van der Waals surface area contributed by atoms with E-state index in [0.717, 1.165) is 23.3 Å². The lowest BCUT2D eigenvalue weighted by Gasteiger charge is -2.06. The number of hydrogen-bond acceptors (Lipinski definition) is 1. The van der Waals surface area contributed by atoms with E-state index in [4.69, 9.17) is 5.11 Å². The minimum atomic E-state index is -4.30. The molecule has 2 rings (SSSR count). The van der Waals surface area contributed by atoms with Crippen molar-refractivity contribution in [2.45, 2.75) is 12.7 Å². The fourth-order valence-corrected chi connectivity index (χ4v) is 1.72. The molecule has 0 saturated heterocycles. The fourth-order valence-electron chi connectivity index (χ4n) is 1.72. The van der Waals surface area contributed by atoms with Crippen LogP contribution >= 0.6 is 0 Å². The number of alkyl halides is 3.